The highest BCUT2D eigenvalue weighted by molar-refractivity contribution is 5.69. The number of hydrogen-bond acceptors (Lipinski definition) is 6. The van der Waals surface area contributed by atoms with Gasteiger partial charge in [0.05, 0.1) is 12.8 Å². The summed E-state index contributed by atoms with van der Waals surface area (Å²) in [5, 5.41) is 15.0. The number of benzene rings is 1. The molecule has 3 heterocycles. The number of rotatable bonds is 6. The quantitative estimate of drug-likeness (QED) is 0.621. The second-order valence-corrected chi connectivity index (χ2v) is 6.81. The van der Waals surface area contributed by atoms with Crippen LogP contribution in [0.3, 0.4) is 0 Å². The van der Waals surface area contributed by atoms with Gasteiger partial charge in [-0.3, -0.25) is 0 Å². The van der Waals surface area contributed by atoms with Crippen molar-refractivity contribution in [3.63, 3.8) is 0 Å². The maximum absolute atomic E-state index is 5.53. The average molecular weight is 366 g/mol. The Balaban J connectivity index is 1.64. The Morgan fingerprint density at radius 2 is 2.11 bits per heavy atom. The van der Waals surface area contributed by atoms with Crippen molar-refractivity contribution in [3.8, 4) is 5.75 Å². The van der Waals surface area contributed by atoms with E-state index in [0.29, 0.717) is 12.6 Å². The van der Waals surface area contributed by atoms with E-state index >= 15 is 0 Å². The van der Waals surface area contributed by atoms with E-state index in [9.17, 15) is 0 Å². The number of anilines is 3. The summed E-state index contributed by atoms with van der Waals surface area (Å²) in [5.74, 6) is 2.69. The fourth-order valence-corrected chi connectivity index (χ4v) is 3.42. The summed E-state index contributed by atoms with van der Waals surface area (Å²) in [6.07, 6.45) is 4.11. The molecular formula is C20H26N6O. The molecule has 0 spiro atoms. The maximum Gasteiger partial charge on any atom is 0.159 e. The molecule has 4 rings (SSSR count). The number of piperidine rings is 1. The largest absolute Gasteiger partial charge is 0.494 e. The molecular weight excluding hydrogens is 340 g/mol. The third kappa shape index (κ3) is 3.83. The Labute approximate surface area is 159 Å². The van der Waals surface area contributed by atoms with Gasteiger partial charge in [-0.25, -0.2) is 4.98 Å². The first-order chi connectivity index (χ1) is 13.2. The van der Waals surface area contributed by atoms with Crippen LogP contribution in [-0.4, -0.2) is 40.3 Å². The van der Waals surface area contributed by atoms with Gasteiger partial charge in [0.1, 0.15) is 17.4 Å². The predicted molar refractivity (Wildman–Crippen MR) is 108 cm³/mol. The van der Waals surface area contributed by atoms with Crippen LogP contribution in [-0.2, 0) is 0 Å². The minimum absolute atomic E-state index is 0.397. The highest BCUT2D eigenvalue weighted by atomic mass is 16.5. The molecule has 1 aromatic carbocycles. The first-order valence-corrected chi connectivity index (χ1v) is 9.56. The normalized spacial score (nSPS) is 17.0. The predicted octanol–water partition coefficient (Wildman–Crippen LogP) is 3.34. The van der Waals surface area contributed by atoms with E-state index < -0.39 is 0 Å². The molecule has 7 nitrogen and oxygen atoms in total. The van der Waals surface area contributed by atoms with E-state index in [2.05, 4.69) is 28.0 Å². The second kappa shape index (κ2) is 7.84. The molecule has 0 radical (unpaired) electrons. The number of nitrogens with one attached hydrogen (secondary N) is 3. The van der Waals surface area contributed by atoms with Gasteiger partial charge in [-0.2, -0.15) is 9.61 Å². The van der Waals surface area contributed by atoms with Crippen molar-refractivity contribution in [3.05, 3.63) is 42.1 Å². The van der Waals surface area contributed by atoms with E-state index in [1.54, 1.807) is 6.20 Å². The van der Waals surface area contributed by atoms with Crippen LogP contribution in [0.15, 0.2) is 36.5 Å². The molecule has 1 atom stereocenters. The van der Waals surface area contributed by atoms with Crippen molar-refractivity contribution in [2.75, 3.05) is 30.3 Å². The molecule has 0 saturated carbocycles. The first-order valence-electron chi connectivity index (χ1n) is 9.56. The van der Waals surface area contributed by atoms with Gasteiger partial charge in [0.15, 0.2) is 5.65 Å². The molecule has 1 aliphatic heterocycles. The third-order valence-electron chi connectivity index (χ3n) is 4.84. The molecule has 0 amide bonds. The van der Waals surface area contributed by atoms with Crippen molar-refractivity contribution in [2.45, 2.75) is 32.7 Å². The van der Waals surface area contributed by atoms with Crippen LogP contribution in [0.1, 0.15) is 25.3 Å². The summed E-state index contributed by atoms with van der Waals surface area (Å²) in [6, 6.07) is 10.3. The summed E-state index contributed by atoms with van der Waals surface area (Å²) in [7, 11) is 0. The molecule has 1 unspecified atom stereocenters. The van der Waals surface area contributed by atoms with Gasteiger partial charge in [0.2, 0.25) is 0 Å². The molecule has 1 aliphatic rings. The van der Waals surface area contributed by atoms with E-state index in [1.807, 2.05) is 41.8 Å². The Morgan fingerprint density at radius 1 is 1.26 bits per heavy atom. The maximum atomic E-state index is 5.53. The monoisotopic (exact) mass is 366 g/mol. The zero-order valence-electron chi connectivity index (χ0n) is 15.8. The van der Waals surface area contributed by atoms with Crippen molar-refractivity contribution in [2.24, 2.45) is 0 Å². The Kier molecular flexibility index (Phi) is 5.11. The Bertz CT molecular complexity index is 899. The lowest BCUT2D eigenvalue weighted by molar-refractivity contribution is 0.340. The fraction of sp³-hybridized carbons (Fsp3) is 0.400. The first kappa shape index (κ1) is 17.6. The van der Waals surface area contributed by atoms with E-state index in [1.165, 1.54) is 6.42 Å². The molecule has 0 bridgehead atoms. The Morgan fingerprint density at radius 3 is 2.85 bits per heavy atom. The van der Waals surface area contributed by atoms with Gasteiger partial charge < -0.3 is 20.7 Å². The smallest absolute Gasteiger partial charge is 0.159 e. The summed E-state index contributed by atoms with van der Waals surface area (Å²) >= 11 is 0. The van der Waals surface area contributed by atoms with Crippen molar-refractivity contribution >= 4 is 23.0 Å². The highest BCUT2D eigenvalue weighted by Gasteiger charge is 2.18. The van der Waals surface area contributed by atoms with Crippen LogP contribution in [0.5, 0.6) is 5.75 Å². The standard InChI is InChI=1S/C20H26N6O/c1-3-27-17-8-6-15(7-9-17)24-20-14(2)19(23-16-5-4-11-21-13-16)25-18-10-12-22-26(18)20/h6-10,12,16,21,24H,3-5,11,13H2,1-2H3,(H,23,25). The fourth-order valence-electron chi connectivity index (χ4n) is 3.42. The van der Waals surface area contributed by atoms with Gasteiger partial charge in [0, 0.05) is 29.9 Å². The van der Waals surface area contributed by atoms with E-state index in [0.717, 1.165) is 53.8 Å². The zero-order chi connectivity index (χ0) is 18.6. The van der Waals surface area contributed by atoms with Crippen LogP contribution in [0.25, 0.3) is 5.65 Å². The summed E-state index contributed by atoms with van der Waals surface area (Å²) in [5.41, 5.74) is 2.85. The van der Waals surface area contributed by atoms with E-state index in [4.69, 9.17) is 9.72 Å². The topological polar surface area (TPSA) is 75.5 Å². The van der Waals surface area contributed by atoms with Gasteiger partial charge >= 0.3 is 0 Å². The van der Waals surface area contributed by atoms with Gasteiger partial charge in [-0.15, -0.1) is 0 Å². The molecule has 2 aromatic heterocycles. The number of fused-ring (bicyclic) bond motifs is 1. The third-order valence-corrected chi connectivity index (χ3v) is 4.84. The molecule has 3 N–H and O–H groups in total. The summed E-state index contributed by atoms with van der Waals surface area (Å²) in [6.45, 7) is 6.78. The molecule has 27 heavy (non-hydrogen) atoms. The van der Waals surface area contributed by atoms with Gasteiger partial charge in [-0.05, 0) is 57.5 Å². The molecule has 7 heteroatoms. The molecule has 1 saturated heterocycles. The average Bonchev–Trinajstić information content (AvgIpc) is 3.16. The van der Waals surface area contributed by atoms with Crippen molar-refractivity contribution in [1.29, 1.82) is 0 Å². The Hall–Kier alpha value is -2.80. The van der Waals surface area contributed by atoms with Crippen LogP contribution in [0.2, 0.25) is 0 Å². The number of hydrogen-bond donors (Lipinski definition) is 3. The lowest BCUT2D eigenvalue weighted by Gasteiger charge is -2.25. The molecule has 142 valence electrons. The van der Waals surface area contributed by atoms with Crippen LogP contribution >= 0.6 is 0 Å². The number of nitrogens with zero attached hydrogens (tertiary/aromatic N) is 3. The van der Waals surface area contributed by atoms with Crippen molar-refractivity contribution in [1.82, 2.24) is 19.9 Å². The van der Waals surface area contributed by atoms with Gasteiger partial charge in [-0.1, -0.05) is 0 Å². The highest BCUT2D eigenvalue weighted by Crippen LogP contribution is 2.28. The van der Waals surface area contributed by atoms with Crippen LogP contribution in [0, 0.1) is 6.92 Å². The number of aromatic nitrogens is 3. The summed E-state index contributed by atoms with van der Waals surface area (Å²) in [4.78, 5) is 4.77. The second-order valence-electron chi connectivity index (χ2n) is 6.81. The molecule has 0 aliphatic carbocycles. The lowest BCUT2D eigenvalue weighted by atomic mass is 10.1. The van der Waals surface area contributed by atoms with Gasteiger partial charge in [0.25, 0.3) is 0 Å². The minimum Gasteiger partial charge on any atom is -0.494 e. The molecule has 3 aromatic rings. The lowest BCUT2D eigenvalue weighted by Crippen LogP contribution is -2.38. The van der Waals surface area contributed by atoms with Crippen LogP contribution < -0.4 is 20.7 Å². The number of ether oxygens (including phenoxy) is 1. The minimum atomic E-state index is 0.397. The summed E-state index contributed by atoms with van der Waals surface area (Å²) < 4.78 is 7.37. The zero-order valence-corrected chi connectivity index (χ0v) is 15.8. The molecule has 1 fully saturated rings. The van der Waals surface area contributed by atoms with E-state index in [-0.39, 0.29) is 0 Å². The van der Waals surface area contributed by atoms with Crippen LogP contribution in [0.4, 0.5) is 17.3 Å². The SMILES string of the molecule is CCOc1ccc(Nc2c(C)c(NC3CCCNC3)nc3ccnn23)cc1. The van der Waals surface area contributed by atoms with Crippen molar-refractivity contribution < 1.29 is 4.74 Å².